The molecule has 0 bridgehead atoms. The number of benzene rings is 1. The molecule has 3 nitrogen and oxygen atoms in total. The molecule has 1 fully saturated rings. The largest absolute Gasteiger partial charge is 0.389 e. The van der Waals surface area contributed by atoms with Crippen LogP contribution in [-0.4, -0.2) is 16.6 Å². The van der Waals surface area contributed by atoms with Gasteiger partial charge >= 0.3 is 0 Å². The number of hydrogen-bond acceptors (Lipinski definition) is 2. The van der Waals surface area contributed by atoms with E-state index in [1.165, 1.54) is 0 Å². The van der Waals surface area contributed by atoms with Crippen LogP contribution in [0.25, 0.3) is 0 Å². The van der Waals surface area contributed by atoms with Gasteiger partial charge in [0, 0.05) is 10.7 Å². The Kier molecular flexibility index (Phi) is 3.93. The molecule has 0 heterocycles. The van der Waals surface area contributed by atoms with E-state index in [4.69, 9.17) is 11.6 Å². The van der Waals surface area contributed by atoms with Crippen molar-refractivity contribution >= 4 is 23.2 Å². The highest BCUT2D eigenvalue weighted by atomic mass is 35.5. The molecule has 0 saturated heterocycles. The van der Waals surface area contributed by atoms with Crippen molar-refractivity contribution in [1.82, 2.24) is 0 Å². The molecule has 18 heavy (non-hydrogen) atoms. The summed E-state index contributed by atoms with van der Waals surface area (Å²) in [4.78, 5) is 11.9. The average Bonchev–Trinajstić information content (AvgIpc) is 2.71. The SMILES string of the molecule is Cc1c(Cl)cccc1NC(=O)CC1(O)CCCC1. The Balaban J connectivity index is 2.01. The van der Waals surface area contributed by atoms with E-state index in [9.17, 15) is 9.90 Å². The van der Waals surface area contributed by atoms with Crippen LogP contribution < -0.4 is 5.32 Å². The number of aliphatic hydroxyl groups is 1. The minimum atomic E-state index is -0.809. The number of carbonyl (C=O) groups is 1. The number of nitrogens with one attached hydrogen (secondary N) is 1. The molecule has 0 aromatic heterocycles. The first-order valence-electron chi connectivity index (χ1n) is 6.27. The third-order valence-corrected chi connectivity index (χ3v) is 3.98. The fourth-order valence-electron chi connectivity index (χ4n) is 2.45. The Morgan fingerprint density at radius 2 is 2.11 bits per heavy atom. The van der Waals surface area contributed by atoms with Gasteiger partial charge < -0.3 is 10.4 Å². The summed E-state index contributed by atoms with van der Waals surface area (Å²) in [7, 11) is 0. The van der Waals surface area contributed by atoms with Crippen molar-refractivity contribution in [2.45, 2.75) is 44.6 Å². The van der Waals surface area contributed by atoms with Crippen LogP contribution in [-0.2, 0) is 4.79 Å². The molecule has 1 saturated carbocycles. The Morgan fingerprint density at radius 1 is 1.44 bits per heavy atom. The van der Waals surface area contributed by atoms with Gasteiger partial charge in [-0.25, -0.2) is 0 Å². The van der Waals surface area contributed by atoms with Crippen LogP contribution in [0, 0.1) is 6.92 Å². The van der Waals surface area contributed by atoms with Gasteiger partial charge in [-0.15, -0.1) is 0 Å². The first-order valence-corrected chi connectivity index (χ1v) is 6.65. The molecule has 1 aromatic carbocycles. The summed E-state index contributed by atoms with van der Waals surface area (Å²) in [6.07, 6.45) is 3.60. The summed E-state index contributed by atoms with van der Waals surface area (Å²) in [5.74, 6) is -0.148. The summed E-state index contributed by atoms with van der Waals surface area (Å²) in [6.45, 7) is 1.86. The van der Waals surface area contributed by atoms with Crippen LogP contribution in [0.15, 0.2) is 18.2 Å². The van der Waals surface area contributed by atoms with E-state index in [1.54, 1.807) is 12.1 Å². The summed E-state index contributed by atoms with van der Waals surface area (Å²) >= 11 is 5.99. The van der Waals surface area contributed by atoms with Crippen LogP contribution in [0.4, 0.5) is 5.69 Å². The molecule has 1 aliphatic carbocycles. The van der Waals surface area contributed by atoms with Gasteiger partial charge in [0.2, 0.25) is 5.91 Å². The fraction of sp³-hybridized carbons (Fsp3) is 0.500. The van der Waals surface area contributed by atoms with E-state index in [2.05, 4.69) is 5.32 Å². The lowest BCUT2D eigenvalue weighted by Crippen LogP contribution is -2.30. The van der Waals surface area contributed by atoms with Gasteiger partial charge in [-0.1, -0.05) is 30.5 Å². The van der Waals surface area contributed by atoms with Crippen molar-refractivity contribution in [1.29, 1.82) is 0 Å². The Bertz CT molecular complexity index is 453. The molecule has 0 aliphatic heterocycles. The lowest BCUT2D eigenvalue weighted by atomic mass is 9.97. The fourth-order valence-corrected chi connectivity index (χ4v) is 2.62. The van der Waals surface area contributed by atoms with E-state index >= 15 is 0 Å². The van der Waals surface area contributed by atoms with E-state index in [1.807, 2.05) is 13.0 Å². The molecule has 2 N–H and O–H groups in total. The van der Waals surface area contributed by atoms with E-state index in [-0.39, 0.29) is 12.3 Å². The first kappa shape index (κ1) is 13.4. The second-order valence-corrected chi connectivity index (χ2v) is 5.48. The Hall–Kier alpha value is -1.06. The highest BCUT2D eigenvalue weighted by molar-refractivity contribution is 6.31. The zero-order chi connectivity index (χ0) is 13.2. The van der Waals surface area contributed by atoms with Gasteiger partial charge in [0.25, 0.3) is 0 Å². The smallest absolute Gasteiger partial charge is 0.227 e. The van der Waals surface area contributed by atoms with Crippen LogP contribution >= 0.6 is 11.6 Å². The lowest BCUT2D eigenvalue weighted by molar-refractivity contribution is -0.120. The van der Waals surface area contributed by atoms with Crippen LogP contribution in [0.5, 0.6) is 0 Å². The number of halogens is 1. The second-order valence-electron chi connectivity index (χ2n) is 5.07. The predicted molar refractivity (Wildman–Crippen MR) is 72.9 cm³/mol. The van der Waals surface area contributed by atoms with Crippen molar-refractivity contribution in [2.75, 3.05) is 5.32 Å². The quantitative estimate of drug-likeness (QED) is 0.883. The van der Waals surface area contributed by atoms with Crippen molar-refractivity contribution < 1.29 is 9.90 Å². The molecular weight excluding hydrogens is 250 g/mol. The van der Waals surface area contributed by atoms with Gasteiger partial charge in [0.1, 0.15) is 0 Å². The van der Waals surface area contributed by atoms with Crippen LogP contribution in [0.2, 0.25) is 5.02 Å². The molecular formula is C14H18ClNO2. The first-order chi connectivity index (χ1) is 8.50. The maximum Gasteiger partial charge on any atom is 0.227 e. The van der Waals surface area contributed by atoms with Gasteiger partial charge in [-0.2, -0.15) is 0 Å². The number of amides is 1. The second kappa shape index (κ2) is 5.29. The molecule has 4 heteroatoms. The van der Waals surface area contributed by atoms with Gasteiger partial charge in [0.05, 0.1) is 12.0 Å². The summed E-state index contributed by atoms with van der Waals surface area (Å²) in [5.41, 5.74) is 0.761. The minimum absolute atomic E-state index is 0.148. The van der Waals surface area contributed by atoms with Crippen LogP contribution in [0.1, 0.15) is 37.7 Å². The topological polar surface area (TPSA) is 49.3 Å². The molecule has 1 amide bonds. The average molecular weight is 268 g/mol. The van der Waals surface area contributed by atoms with Gasteiger partial charge in [0.15, 0.2) is 0 Å². The van der Waals surface area contributed by atoms with E-state index in [0.717, 1.165) is 31.2 Å². The third kappa shape index (κ3) is 3.03. The molecule has 2 rings (SSSR count). The zero-order valence-corrected chi connectivity index (χ0v) is 11.3. The van der Waals surface area contributed by atoms with E-state index in [0.29, 0.717) is 10.7 Å². The molecule has 0 unspecified atom stereocenters. The predicted octanol–water partition coefficient (Wildman–Crippen LogP) is 3.28. The van der Waals surface area contributed by atoms with E-state index < -0.39 is 5.60 Å². The minimum Gasteiger partial charge on any atom is -0.389 e. The van der Waals surface area contributed by atoms with Crippen molar-refractivity contribution in [2.24, 2.45) is 0 Å². The third-order valence-electron chi connectivity index (χ3n) is 3.57. The molecule has 1 aromatic rings. The summed E-state index contributed by atoms with van der Waals surface area (Å²) in [6, 6.07) is 5.41. The zero-order valence-electron chi connectivity index (χ0n) is 10.5. The monoisotopic (exact) mass is 267 g/mol. The maximum absolute atomic E-state index is 11.9. The number of hydrogen-bond donors (Lipinski definition) is 2. The Morgan fingerprint density at radius 3 is 2.78 bits per heavy atom. The molecule has 1 aliphatic rings. The number of carbonyl (C=O) groups excluding carboxylic acids is 1. The van der Waals surface area contributed by atoms with Gasteiger partial charge in [-0.05, 0) is 37.5 Å². The maximum atomic E-state index is 11.9. The number of anilines is 1. The molecule has 0 radical (unpaired) electrons. The standard InChI is InChI=1S/C14H18ClNO2/c1-10-11(15)5-4-6-12(10)16-13(17)9-14(18)7-2-3-8-14/h4-6,18H,2-3,7-9H2,1H3,(H,16,17). The van der Waals surface area contributed by atoms with Gasteiger partial charge in [-0.3, -0.25) is 4.79 Å². The highest BCUT2D eigenvalue weighted by Gasteiger charge is 2.33. The normalized spacial score (nSPS) is 17.7. The number of rotatable bonds is 3. The van der Waals surface area contributed by atoms with Crippen LogP contribution in [0.3, 0.4) is 0 Å². The van der Waals surface area contributed by atoms with Crippen molar-refractivity contribution in [3.8, 4) is 0 Å². The summed E-state index contributed by atoms with van der Waals surface area (Å²) < 4.78 is 0. The Labute approximate surface area is 112 Å². The summed E-state index contributed by atoms with van der Waals surface area (Å²) in [5, 5.41) is 13.6. The highest BCUT2D eigenvalue weighted by Crippen LogP contribution is 2.33. The molecule has 0 atom stereocenters. The van der Waals surface area contributed by atoms with Crippen molar-refractivity contribution in [3.63, 3.8) is 0 Å². The molecule has 0 spiro atoms. The lowest BCUT2D eigenvalue weighted by Gasteiger charge is -2.21. The molecule has 98 valence electrons. The van der Waals surface area contributed by atoms with Crippen molar-refractivity contribution in [3.05, 3.63) is 28.8 Å².